The highest BCUT2D eigenvalue weighted by molar-refractivity contribution is 7.89. The topological polar surface area (TPSA) is 66.9 Å². The van der Waals surface area contributed by atoms with Gasteiger partial charge in [-0.25, -0.2) is 13.1 Å². The van der Waals surface area contributed by atoms with Gasteiger partial charge < -0.3 is 9.55 Å². The van der Waals surface area contributed by atoms with Crippen molar-refractivity contribution >= 4 is 22.2 Å². The van der Waals surface area contributed by atoms with Crippen LogP contribution in [0.2, 0.25) is 0 Å². The Morgan fingerprint density at radius 3 is 2.85 bits per heavy atom. The van der Waals surface area contributed by atoms with Crippen LogP contribution in [0.5, 0.6) is 0 Å². The number of aryl methyl sites for hydroxylation is 1. The average Bonchev–Trinajstić information content (AvgIpc) is 2.48. The van der Waals surface area contributed by atoms with Gasteiger partial charge in [0.25, 0.3) is 0 Å². The molecule has 1 aromatic rings. The fourth-order valence-electron chi connectivity index (χ4n) is 0.846. The number of aromatic amines is 1. The third-order valence-corrected chi connectivity index (χ3v) is 3.33. The fraction of sp³-hybridized carbons (Fsp3) is 0.500. The number of rotatable bonds is 4. The van der Waals surface area contributed by atoms with Gasteiger partial charge in [0.2, 0.25) is 10.0 Å². The third-order valence-electron chi connectivity index (χ3n) is 1.63. The van der Waals surface area contributed by atoms with E-state index in [0.717, 1.165) is 0 Å². The standard InChI is InChI=1S/C6H11N3O2S2/c1-7-13(10,11)5-4-9-3-2-8-6(9)12/h2-3,7H,4-5H2,1H3,(H,8,12). The summed E-state index contributed by atoms with van der Waals surface area (Å²) in [5.41, 5.74) is 0. The molecule has 0 saturated carbocycles. The van der Waals surface area contributed by atoms with Crippen LogP contribution in [-0.2, 0) is 16.6 Å². The zero-order chi connectivity index (χ0) is 9.90. The van der Waals surface area contributed by atoms with Crippen LogP contribution in [0, 0.1) is 4.77 Å². The van der Waals surface area contributed by atoms with Crippen molar-refractivity contribution in [3.8, 4) is 0 Å². The Hall–Kier alpha value is -0.660. The normalized spacial score (nSPS) is 11.8. The van der Waals surface area contributed by atoms with Crippen LogP contribution in [0.25, 0.3) is 0 Å². The van der Waals surface area contributed by atoms with Crippen LogP contribution < -0.4 is 4.72 Å². The first-order chi connectivity index (χ1) is 6.05. The Bertz CT molecular complexity index is 417. The summed E-state index contributed by atoms with van der Waals surface area (Å²) >= 11 is 4.90. The van der Waals surface area contributed by atoms with Crippen LogP contribution in [0.15, 0.2) is 12.4 Å². The summed E-state index contributed by atoms with van der Waals surface area (Å²) in [7, 11) is -1.75. The van der Waals surface area contributed by atoms with Crippen LogP contribution in [0.4, 0.5) is 0 Å². The Morgan fingerprint density at radius 2 is 2.38 bits per heavy atom. The minimum absolute atomic E-state index is 0.0374. The number of nitrogens with one attached hydrogen (secondary N) is 2. The molecule has 2 N–H and O–H groups in total. The zero-order valence-corrected chi connectivity index (χ0v) is 8.78. The average molecular weight is 221 g/mol. The van der Waals surface area contributed by atoms with Crippen molar-refractivity contribution in [2.75, 3.05) is 12.8 Å². The summed E-state index contributed by atoms with van der Waals surface area (Å²) in [6.45, 7) is 0.367. The van der Waals surface area contributed by atoms with Gasteiger partial charge >= 0.3 is 0 Å². The molecule has 0 saturated heterocycles. The first-order valence-corrected chi connectivity index (χ1v) is 5.76. The maximum Gasteiger partial charge on any atom is 0.213 e. The summed E-state index contributed by atoms with van der Waals surface area (Å²) in [6, 6.07) is 0. The van der Waals surface area contributed by atoms with E-state index in [1.807, 2.05) is 0 Å². The lowest BCUT2D eigenvalue weighted by Crippen LogP contribution is -2.24. The van der Waals surface area contributed by atoms with Crippen LogP contribution in [0.3, 0.4) is 0 Å². The first-order valence-electron chi connectivity index (χ1n) is 3.70. The predicted molar refractivity (Wildman–Crippen MR) is 52.5 cm³/mol. The molecule has 13 heavy (non-hydrogen) atoms. The van der Waals surface area contributed by atoms with Gasteiger partial charge in [-0.2, -0.15) is 0 Å². The van der Waals surface area contributed by atoms with Gasteiger partial charge in [-0.3, -0.25) is 0 Å². The monoisotopic (exact) mass is 221 g/mol. The summed E-state index contributed by atoms with van der Waals surface area (Å²) < 4.78 is 26.5. The summed E-state index contributed by atoms with van der Waals surface area (Å²) in [6.07, 6.45) is 3.39. The number of sulfonamides is 1. The van der Waals surface area contributed by atoms with E-state index in [2.05, 4.69) is 9.71 Å². The van der Waals surface area contributed by atoms with Crippen molar-refractivity contribution < 1.29 is 8.42 Å². The molecular weight excluding hydrogens is 210 g/mol. The van der Waals surface area contributed by atoms with Gasteiger partial charge in [-0.05, 0) is 19.3 Å². The maximum atomic E-state index is 11.0. The van der Waals surface area contributed by atoms with Crippen molar-refractivity contribution in [1.29, 1.82) is 0 Å². The van der Waals surface area contributed by atoms with Crippen molar-refractivity contribution in [3.63, 3.8) is 0 Å². The van der Waals surface area contributed by atoms with Crippen LogP contribution in [-0.4, -0.2) is 30.8 Å². The second-order valence-electron chi connectivity index (χ2n) is 2.48. The molecule has 0 aromatic carbocycles. The number of imidazole rings is 1. The van der Waals surface area contributed by atoms with Crippen LogP contribution >= 0.6 is 12.2 Å². The molecule has 7 heteroatoms. The largest absolute Gasteiger partial charge is 0.337 e. The van der Waals surface area contributed by atoms with Crippen LogP contribution in [0.1, 0.15) is 0 Å². The third kappa shape index (κ3) is 2.94. The van der Waals surface area contributed by atoms with E-state index < -0.39 is 10.0 Å². The lowest BCUT2D eigenvalue weighted by atomic mass is 10.7. The van der Waals surface area contributed by atoms with Gasteiger partial charge in [0.1, 0.15) is 0 Å². The highest BCUT2D eigenvalue weighted by Gasteiger charge is 2.06. The Labute approximate surface area is 81.8 Å². The zero-order valence-electron chi connectivity index (χ0n) is 7.15. The molecule has 0 radical (unpaired) electrons. The number of hydrogen-bond acceptors (Lipinski definition) is 3. The quantitative estimate of drug-likeness (QED) is 0.708. The lowest BCUT2D eigenvalue weighted by molar-refractivity contribution is 0.580. The number of hydrogen-bond donors (Lipinski definition) is 2. The Balaban J connectivity index is 2.64. The number of nitrogens with zero attached hydrogens (tertiary/aromatic N) is 1. The molecule has 1 aromatic heterocycles. The van der Waals surface area contributed by atoms with Crippen molar-refractivity contribution in [2.24, 2.45) is 0 Å². The Kier molecular flexibility index (Phi) is 3.23. The molecule has 0 aliphatic carbocycles. The van der Waals surface area contributed by atoms with E-state index in [1.165, 1.54) is 7.05 Å². The first kappa shape index (κ1) is 10.4. The molecule has 0 bridgehead atoms. The summed E-state index contributed by atoms with van der Waals surface area (Å²) in [5, 5.41) is 0. The van der Waals surface area contributed by atoms with Crippen molar-refractivity contribution in [2.45, 2.75) is 6.54 Å². The Morgan fingerprint density at radius 1 is 1.69 bits per heavy atom. The number of aromatic nitrogens is 2. The van der Waals surface area contributed by atoms with Crippen molar-refractivity contribution in [1.82, 2.24) is 14.3 Å². The molecule has 0 unspecified atom stereocenters. The van der Waals surface area contributed by atoms with E-state index in [9.17, 15) is 8.42 Å². The minimum Gasteiger partial charge on any atom is -0.337 e. The van der Waals surface area contributed by atoms with E-state index in [4.69, 9.17) is 12.2 Å². The van der Waals surface area contributed by atoms with Gasteiger partial charge in [-0.1, -0.05) is 0 Å². The molecule has 0 amide bonds. The van der Waals surface area contributed by atoms with Gasteiger partial charge in [0.05, 0.1) is 5.75 Å². The van der Waals surface area contributed by atoms with E-state index in [0.29, 0.717) is 11.3 Å². The van der Waals surface area contributed by atoms with E-state index in [-0.39, 0.29) is 5.75 Å². The van der Waals surface area contributed by atoms with E-state index in [1.54, 1.807) is 17.0 Å². The highest BCUT2D eigenvalue weighted by atomic mass is 32.2. The maximum absolute atomic E-state index is 11.0. The smallest absolute Gasteiger partial charge is 0.213 e. The molecule has 1 heterocycles. The SMILES string of the molecule is CNS(=O)(=O)CCn1cc[nH]c1=S. The fourth-order valence-corrected chi connectivity index (χ4v) is 1.71. The van der Waals surface area contributed by atoms with Crippen molar-refractivity contribution in [3.05, 3.63) is 17.2 Å². The van der Waals surface area contributed by atoms with E-state index >= 15 is 0 Å². The molecule has 5 nitrogen and oxygen atoms in total. The predicted octanol–water partition coefficient (Wildman–Crippen LogP) is 0.0949. The molecule has 0 spiro atoms. The summed E-state index contributed by atoms with van der Waals surface area (Å²) in [4.78, 5) is 2.79. The van der Waals surface area contributed by atoms with Gasteiger partial charge in [0, 0.05) is 18.9 Å². The minimum atomic E-state index is -3.14. The molecule has 0 atom stereocenters. The highest BCUT2D eigenvalue weighted by Crippen LogP contribution is 1.92. The lowest BCUT2D eigenvalue weighted by Gasteiger charge is -2.02. The molecule has 1 rings (SSSR count). The van der Waals surface area contributed by atoms with Gasteiger partial charge in [0.15, 0.2) is 4.77 Å². The number of H-pyrrole nitrogens is 1. The summed E-state index contributed by atoms with van der Waals surface area (Å²) in [5.74, 6) is 0.0374. The molecule has 0 aliphatic rings. The van der Waals surface area contributed by atoms with Gasteiger partial charge in [-0.15, -0.1) is 0 Å². The molecule has 74 valence electrons. The molecular formula is C6H11N3O2S2. The second kappa shape index (κ2) is 4.03. The molecule has 0 aliphatic heterocycles. The molecule has 0 fully saturated rings. The second-order valence-corrected chi connectivity index (χ2v) is 4.91.